The second-order valence-corrected chi connectivity index (χ2v) is 10.6. The molecule has 0 radical (unpaired) electrons. The SMILES string of the molecule is CCC(C(=O)Nc1cc(NC2C=NC2)ccc1C)n1cccc2nc(SCc3cc(C)cc(C)c3)nc1-2. The molecule has 2 unspecified atom stereocenters. The number of carbonyl (C=O) groups is 1. The zero-order valence-electron chi connectivity index (χ0n) is 21.7. The lowest BCUT2D eigenvalue weighted by Gasteiger charge is -2.23. The van der Waals surface area contributed by atoms with Crippen molar-refractivity contribution in [3.8, 4) is 11.5 Å². The minimum atomic E-state index is -0.410. The van der Waals surface area contributed by atoms with Gasteiger partial charge in [0, 0.05) is 29.5 Å². The standard InChI is InChI=1S/C29H32N6OS/c1-5-26(28(36)32-25-14-22(9-8-20(25)4)31-23-15-30-16-23)35-10-6-7-24-27(35)34-29(33-24)37-17-21-12-18(2)11-19(3)13-21/h6-15,23,26,31H,5,16-17H2,1-4H3,(H,32,36). The number of fused-ring (bicyclic) bond motifs is 1. The van der Waals surface area contributed by atoms with E-state index in [1.807, 2.05) is 61.2 Å². The lowest BCUT2D eigenvalue weighted by atomic mass is 10.1. The quantitative estimate of drug-likeness (QED) is 0.267. The average molecular weight is 513 g/mol. The van der Waals surface area contributed by atoms with Crippen LogP contribution in [0.25, 0.3) is 11.5 Å². The molecule has 3 aliphatic heterocycles. The van der Waals surface area contributed by atoms with Gasteiger partial charge >= 0.3 is 0 Å². The number of nitrogens with zero attached hydrogens (tertiary/aromatic N) is 4. The second kappa shape index (κ2) is 10.8. The Hall–Kier alpha value is -3.65. The molecule has 0 aliphatic carbocycles. The summed E-state index contributed by atoms with van der Waals surface area (Å²) in [6.07, 6.45) is 4.45. The van der Waals surface area contributed by atoms with Crippen molar-refractivity contribution in [2.45, 2.75) is 57.1 Å². The Bertz CT molecular complexity index is 1410. The number of pyridine rings is 1. The van der Waals surface area contributed by atoms with E-state index in [0.717, 1.165) is 45.9 Å². The first-order chi connectivity index (χ1) is 17.9. The number of nitrogens with one attached hydrogen (secondary N) is 2. The van der Waals surface area contributed by atoms with Crippen molar-refractivity contribution in [2.75, 3.05) is 17.2 Å². The number of aliphatic imine (C=N–C) groups is 1. The third-order valence-corrected chi connectivity index (χ3v) is 7.42. The third kappa shape index (κ3) is 5.69. The van der Waals surface area contributed by atoms with Crippen LogP contribution in [-0.4, -0.2) is 39.2 Å². The van der Waals surface area contributed by atoms with Gasteiger partial charge in [0.15, 0.2) is 11.0 Å². The van der Waals surface area contributed by atoms with E-state index in [2.05, 4.69) is 47.7 Å². The van der Waals surface area contributed by atoms with Crippen LogP contribution in [0.5, 0.6) is 0 Å². The maximum absolute atomic E-state index is 13.5. The summed E-state index contributed by atoms with van der Waals surface area (Å²) >= 11 is 1.62. The van der Waals surface area contributed by atoms with E-state index in [0.29, 0.717) is 6.42 Å². The molecule has 2 atom stereocenters. The van der Waals surface area contributed by atoms with Gasteiger partial charge in [0.2, 0.25) is 5.91 Å². The van der Waals surface area contributed by atoms with Gasteiger partial charge in [-0.05, 0) is 62.6 Å². The van der Waals surface area contributed by atoms with Crippen LogP contribution in [-0.2, 0) is 10.5 Å². The number of imidazole rings is 1. The van der Waals surface area contributed by atoms with Crippen molar-refractivity contribution in [3.63, 3.8) is 0 Å². The second-order valence-electron chi connectivity index (χ2n) is 9.62. The number of hydrogen-bond acceptors (Lipinski definition) is 6. The highest BCUT2D eigenvalue weighted by atomic mass is 32.2. The zero-order valence-corrected chi connectivity index (χ0v) is 22.5. The molecule has 1 amide bonds. The van der Waals surface area contributed by atoms with Gasteiger partial charge in [0.1, 0.15) is 11.7 Å². The molecule has 2 N–H and O–H groups in total. The summed E-state index contributed by atoms with van der Waals surface area (Å²) in [6, 6.07) is 16.3. The highest BCUT2D eigenvalue weighted by molar-refractivity contribution is 7.98. The predicted octanol–water partition coefficient (Wildman–Crippen LogP) is 6.06. The number of carbonyl (C=O) groups excluding carboxylic acids is 1. The number of amides is 1. The van der Waals surface area contributed by atoms with Crippen LogP contribution in [0.2, 0.25) is 0 Å². The van der Waals surface area contributed by atoms with Crippen molar-refractivity contribution in [1.82, 2.24) is 14.5 Å². The lowest BCUT2D eigenvalue weighted by Crippen LogP contribution is -2.31. The lowest BCUT2D eigenvalue weighted by molar-refractivity contribution is -0.119. The highest BCUT2D eigenvalue weighted by Crippen LogP contribution is 2.30. The first-order valence-corrected chi connectivity index (χ1v) is 13.6. The van der Waals surface area contributed by atoms with E-state index >= 15 is 0 Å². The molecule has 0 aromatic heterocycles. The van der Waals surface area contributed by atoms with E-state index < -0.39 is 6.04 Å². The van der Waals surface area contributed by atoms with Gasteiger partial charge < -0.3 is 15.2 Å². The molecular weight excluding hydrogens is 480 g/mol. The summed E-state index contributed by atoms with van der Waals surface area (Å²) in [6.45, 7) is 9.03. The minimum Gasteiger partial charge on any atom is -0.375 e. The Labute approximate surface area is 222 Å². The fourth-order valence-electron chi connectivity index (χ4n) is 4.62. The van der Waals surface area contributed by atoms with E-state index in [4.69, 9.17) is 9.97 Å². The van der Waals surface area contributed by atoms with Crippen LogP contribution in [0.3, 0.4) is 0 Å². The van der Waals surface area contributed by atoms with E-state index in [1.165, 1.54) is 16.7 Å². The number of benzene rings is 2. The molecular formula is C29H32N6OS. The molecule has 0 fully saturated rings. The zero-order chi connectivity index (χ0) is 25.9. The van der Waals surface area contributed by atoms with Gasteiger partial charge in [-0.3, -0.25) is 9.79 Å². The number of thioether (sulfide) groups is 1. The summed E-state index contributed by atoms with van der Waals surface area (Å²) in [5.41, 5.74) is 7.34. The Morgan fingerprint density at radius 3 is 2.59 bits per heavy atom. The molecule has 8 heteroatoms. The molecule has 3 aliphatic rings. The van der Waals surface area contributed by atoms with Gasteiger partial charge in [0.25, 0.3) is 0 Å². The fourth-order valence-corrected chi connectivity index (χ4v) is 5.40. The number of rotatable bonds is 9. The minimum absolute atomic E-state index is 0.0714. The first-order valence-electron chi connectivity index (χ1n) is 12.6. The van der Waals surface area contributed by atoms with Crippen molar-refractivity contribution < 1.29 is 4.79 Å². The van der Waals surface area contributed by atoms with Crippen molar-refractivity contribution >= 4 is 35.3 Å². The number of anilines is 2. The van der Waals surface area contributed by atoms with Crippen LogP contribution in [0, 0.1) is 20.8 Å². The number of aromatic nitrogens is 3. The smallest absolute Gasteiger partial charge is 0.247 e. The predicted molar refractivity (Wildman–Crippen MR) is 152 cm³/mol. The summed E-state index contributed by atoms with van der Waals surface area (Å²) in [5, 5.41) is 7.30. The van der Waals surface area contributed by atoms with Crippen LogP contribution in [0.1, 0.15) is 41.6 Å². The van der Waals surface area contributed by atoms with Crippen molar-refractivity contribution in [3.05, 3.63) is 77.0 Å². The largest absolute Gasteiger partial charge is 0.375 e. The summed E-state index contributed by atoms with van der Waals surface area (Å²) in [7, 11) is 0. The Kier molecular flexibility index (Phi) is 7.28. The van der Waals surface area contributed by atoms with E-state index in [1.54, 1.807) is 11.8 Å². The normalized spacial score (nSPS) is 15.4. The van der Waals surface area contributed by atoms with Gasteiger partial charge in [0.05, 0.1) is 12.6 Å². The van der Waals surface area contributed by atoms with Crippen LogP contribution in [0.15, 0.2) is 64.9 Å². The number of aryl methyl sites for hydroxylation is 3. The van der Waals surface area contributed by atoms with Crippen LogP contribution in [0.4, 0.5) is 11.4 Å². The molecule has 190 valence electrons. The van der Waals surface area contributed by atoms with Crippen molar-refractivity contribution in [1.29, 1.82) is 0 Å². The molecule has 7 nitrogen and oxygen atoms in total. The van der Waals surface area contributed by atoms with Gasteiger partial charge in [-0.15, -0.1) is 0 Å². The van der Waals surface area contributed by atoms with Gasteiger partial charge in [-0.2, -0.15) is 0 Å². The van der Waals surface area contributed by atoms with E-state index in [9.17, 15) is 4.79 Å². The Balaban J connectivity index is 1.34. The molecule has 3 heterocycles. The van der Waals surface area contributed by atoms with Crippen molar-refractivity contribution in [2.24, 2.45) is 4.99 Å². The molecule has 0 saturated carbocycles. The van der Waals surface area contributed by atoms with Gasteiger partial charge in [-0.1, -0.05) is 54.1 Å². The Morgan fingerprint density at radius 2 is 1.89 bits per heavy atom. The van der Waals surface area contributed by atoms with Crippen LogP contribution >= 0.6 is 11.8 Å². The topological polar surface area (TPSA) is 84.2 Å². The summed E-state index contributed by atoms with van der Waals surface area (Å²) in [5.74, 6) is 1.45. The number of hydrogen-bond donors (Lipinski definition) is 2. The monoisotopic (exact) mass is 512 g/mol. The molecule has 2 aromatic rings. The molecule has 0 spiro atoms. The first kappa shape index (κ1) is 25.0. The molecule has 5 rings (SSSR count). The molecule has 2 aromatic carbocycles. The van der Waals surface area contributed by atoms with Gasteiger partial charge in [-0.25, -0.2) is 9.97 Å². The summed E-state index contributed by atoms with van der Waals surface area (Å²) < 4.78 is 1.95. The molecule has 37 heavy (non-hydrogen) atoms. The maximum atomic E-state index is 13.5. The maximum Gasteiger partial charge on any atom is 0.247 e. The average Bonchev–Trinajstić information content (AvgIpc) is 3.26. The van der Waals surface area contributed by atoms with E-state index in [-0.39, 0.29) is 11.9 Å². The highest BCUT2D eigenvalue weighted by Gasteiger charge is 2.24. The molecule has 0 bridgehead atoms. The summed E-state index contributed by atoms with van der Waals surface area (Å²) in [4.78, 5) is 27.2. The van der Waals surface area contributed by atoms with Crippen LogP contribution < -0.4 is 10.6 Å². The Morgan fingerprint density at radius 1 is 1.11 bits per heavy atom. The molecule has 0 saturated heterocycles. The third-order valence-electron chi connectivity index (χ3n) is 6.50. The fraction of sp³-hybridized carbons (Fsp3) is 0.310.